The summed E-state index contributed by atoms with van der Waals surface area (Å²) in [4.78, 5) is 16.5. The predicted octanol–water partition coefficient (Wildman–Crippen LogP) is 1.66. The summed E-state index contributed by atoms with van der Waals surface area (Å²) in [6.45, 7) is 8.18. The fourth-order valence-electron chi connectivity index (χ4n) is 2.35. The minimum absolute atomic E-state index is 0.122. The first-order valence-electron chi connectivity index (χ1n) is 7.00. The lowest BCUT2D eigenvalue weighted by molar-refractivity contribution is 0.194. The maximum atomic E-state index is 12.0. The highest BCUT2D eigenvalue weighted by atomic mass is 16.2. The molecule has 1 aliphatic carbocycles. The Hall–Kier alpha value is -0.770. The normalized spacial score (nSPS) is 24.2. The minimum atomic E-state index is 0.122. The van der Waals surface area contributed by atoms with Crippen LogP contribution in [0, 0.1) is 0 Å². The molecule has 2 fully saturated rings. The van der Waals surface area contributed by atoms with E-state index in [9.17, 15) is 4.79 Å². The minimum Gasteiger partial charge on any atom is -0.336 e. The molecule has 0 radical (unpaired) electrons. The Kier molecular flexibility index (Phi) is 4.26. The number of rotatable bonds is 3. The quantitative estimate of drug-likeness (QED) is 0.813. The van der Waals surface area contributed by atoms with E-state index in [1.165, 1.54) is 12.8 Å². The highest BCUT2D eigenvalue weighted by Crippen LogP contribution is 2.27. The topological polar surface area (TPSA) is 35.6 Å². The highest BCUT2D eigenvalue weighted by Gasteiger charge is 2.30. The molecular weight excluding hydrogens is 214 g/mol. The maximum absolute atomic E-state index is 12.0. The molecule has 1 saturated heterocycles. The van der Waals surface area contributed by atoms with Crippen LogP contribution in [0.3, 0.4) is 0 Å². The summed E-state index contributed by atoms with van der Waals surface area (Å²) in [6.07, 6.45) is 4.83. The molecule has 1 saturated carbocycles. The molecule has 2 rings (SSSR count). The Morgan fingerprint density at radius 1 is 1.29 bits per heavy atom. The second-order valence-electron chi connectivity index (χ2n) is 5.37. The number of hydrogen-bond donors (Lipinski definition) is 1. The lowest BCUT2D eigenvalue weighted by Gasteiger charge is -2.23. The van der Waals surface area contributed by atoms with E-state index in [0.29, 0.717) is 0 Å². The number of urea groups is 1. The lowest BCUT2D eigenvalue weighted by atomic mass is 10.3. The van der Waals surface area contributed by atoms with Gasteiger partial charge in [-0.3, -0.25) is 4.90 Å². The molecule has 4 nitrogen and oxygen atoms in total. The average molecular weight is 239 g/mol. The van der Waals surface area contributed by atoms with Gasteiger partial charge in [0.1, 0.15) is 0 Å². The summed E-state index contributed by atoms with van der Waals surface area (Å²) in [6, 6.07) is 1.23. The zero-order valence-corrected chi connectivity index (χ0v) is 11.1. The molecule has 1 N–H and O–H groups in total. The van der Waals surface area contributed by atoms with Crippen molar-refractivity contribution in [3.63, 3.8) is 0 Å². The zero-order valence-electron chi connectivity index (χ0n) is 11.1. The molecule has 0 aromatic heterocycles. The Morgan fingerprint density at radius 2 is 2.06 bits per heavy atom. The van der Waals surface area contributed by atoms with Gasteiger partial charge in [0, 0.05) is 38.3 Å². The first-order valence-corrected chi connectivity index (χ1v) is 7.00. The van der Waals surface area contributed by atoms with Crippen LogP contribution in [0.1, 0.15) is 39.5 Å². The number of hydrogen-bond acceptors (Lipinski definition) is 2. The van der Waals surface area contributed by atoms with Gasteiger partial charge >= 0.3 is 6.03 Å². The van der Waals surface area contributed by atoms with Gasteiger partial charge in [0.05, 0.1) is 0 Å². The Balaban J connectivity index is 1.78. The molecule has 17 heavy (non-hydrogen) atoms. The third-order valence-electron chi connectivity index (χ3n) is 3.86. The van der Waals surface area contributed by atoms with Crippen LogP contribution >= 0.6 is 0 Å². The zero-order chi connectivity index (χ0) is 12.3. The van der Waals surface area contributed by atoms with E-state index >= 15 is 0 Å². The van der Waals surface area contributed by atoms with Crippen molar-refractivity contribution in [1.29, 1.82) is 0 Å². The van der Waals surface area contributed by atoms with Crippen molar-refractivity contribution in [2.24, 2.45) is 0 Å². The van der Waals surface area contributed by atoms with Crippen molar-refractivity contribution in [2.75, 3.05) is 26.2 Å². The molecule has 2 amide bonds. The first-order chi connectivity index (χ1) is 8.20. The molecule has 0 spiro atoms. The molecule has 0 aromatic rings. The molecule has 4 heteroatoms. The predicted molar refractivity (Wildman–Crippen MR) is 69.1 cm³/mol. The van der Waals surface area contributed by atoms with Crippen LogP contribution in [0.5, 0.6) is 0 Å². The second kappa shape index (κ2) is 5.71. The van der Waals surface area contributed by atoms with Gasteiger partial charge in [-0.1, -0.05) is 6.92 Å². The standard InChI is InChI=1S/C13H25N3O/c1-3-11(2)14-13(17)16-8-4-7-15(9-10-16)12-5-6-12/h11-12H,3-10H2,1-2H3,(H,14,17). The van der Waals surface area contributed by atoms with E-state index in [1.807, 2.05) is 4.90 Å². The van der Waals surface area contributed by atoms with Gasteiger partial charge < -0.3 is 10.2 Å². The van der Waals surface area contributed by atoms with Gasteiger partial charge in [-0.25, -0.2) is 4.79 Å². The highest BCUT2D eigenvalue weighted by molar-refractivity contribution is 5.74. The molecule has 0 aromatic carbocycles. The summed E-state index contributed by atoms with van der Waals surface area (Å²) in [5.41, 5.74) is 0. The van der Waals surface area contributed by atoms with Crippen LogP contribution in [0.4, 0.5) is 4.79 Å². The van der Waals surface area contributed by atoms with Crippen molar-refractivity contribution < 1.29 is 4.79 Å². The van der Waals surface area contributed by atoms with Crippen LogP contribution in [0.25, 0.3) is 0 Å². The monoisotopic (exact) mass is 239 g/mol. The average Bonchev–Trinajstić information content (AvgIpc) is 3.14. The van der Waals surface area contributed by atoms with Crippen molar-refractivity contribution in [3.05, 3.63) is 0 Å². The molecule has 1 aliphatic heterocycles. The summed E-state index contributed by atoms with van der Waals surface area (Å²) in [5, 5.41) is 3.06. The van der Waals surface area contributed by atoms with Crippen LogP contribution in [-0.2, 0) is 0 Å². The first kappa shape index (κ1) is 12.7. The van der Waals surface area contributed by atoms with Gasteiger partial charge in [0.2, 0.25) is 0 Å². The number of amides is 2. The lowest BCUT2D eigenvalue weighted by Crippen LogP contribution is -2.45. The van der Waals surface area contributed by atoms with Crippen molar-refractivity contribution in [1.82, 2.24) is 15.1 Å². The van der Waals surface area contributed by atoms with Crippen LogP contribution < -0.4 is 5.32 Å². The molecular formula is C13H25N3O. The number of nitrogens with one attached hydrogen (secondary N) is 1. The van der Waals surface area contributed by atoms with Gasteiger partial charge in [-0.05, 0) is 32.6 Å². The van der Waals surface area contributed by atoms with Gasteiger partial charge in [-0.15, -0.1) is 0 Å². The summed E-state index contributed by atoms with van der Waals surface area (Å²) >= 11 is 0. The van der Waals surface area contributed by atoms with E-state index in [0.717, 1.165) is 45.1 Å². The third kappa shape index (κ3) is 3.60. The van der Waals surface area contributed by atoms with Gasteiger partial charge in [0.25, 0.3) is 0 Å². The van der Waals surface area contributed by atoms with Crippen molar-refractivity contribution >= 4 is 6.03 Å². The van der Waals surface area contributed by atoms with E-state index in [1.54, 1.807) is 0 Å². The third-order valence-corrected chi connectivity index (χ3v) is 3.86. The molecule has 1 heterocycles. The molecule has 98 valence electrons. The summed E-state index contributed by atoms with van der Waals surface area (Å²) in [7, 11) is 0. The van der Waals surface area contributed by atoms with E-state index < -0.39 is 0 Å². The van der Waals surface area contributed by atoms with E-state index in [-0.39, 0.29) is 12.1 Å². The Labute approximate surface area is 104 Å². The smallest absolute Gasteiger partial charge is 0.317 e. The fourth-order valence-corrected chi connectivity index (χ4v) is 2.35. The van der Waals surface area contributed by atoms with E-state index in [2.05, 4.69) is 24.1 Å². The Bertz CT molecular complexity index is 265. The van der Waals surface area contributed by atoms with E-state index in [4.69, 9.17) is 0 Å². The Morgan fingerprint density at radius 3 is 2.71 bits per heavy atom. The SMILES string of the molecule is CCC(C)NC(=O)N1CCCN(C2CC2)CC1. The van der Waals surface area contributed by atoms with Gasteiger partial charge in [0.15, 0.2) is 0 Å². The number of carbonyl (C=O) groups is 1. The number of carbonyl (C=O) groups excluding carboxylic acids is 1. The largest absolute Gasteiger partial charge is 0.336 e. The van der Waals surface area contributed by atoms with Crippen LogP contribution in [0.2, 0.25) is 0 Å². The molecule has 0 bridgehead atoms. The fraction of sp³-hybridized carbons (Fsp3) is 0.923. The summed E-state index contributed by atoms with van der Waals surface area (Å²) in [5.74, 6) is 0. The van der Waals surface area contributed by atoms with Crippen molar-refractivity contribution in [3.8, 4) is 0 Å². The molecule has 1 atom stereocenters. The number of nitrogens with zero attached hydrogens (tertiary/aromatic N) is 2. The van der Waals surface area contributed by atoms with Gasteiger partial charge in [-0.2, -0.15) is 0 Å². The maximum Gasteiger partial charge on any atom is 0.317 e. The van der Waals surface area contributed by atoms with Crippen LogP contribution in [-0.4, -0.2) is 54.1 Å². The van der Waals surface area contributed by atoms with Crippen LogP contribution in [0.15, 0.2) is 0 Å². The second-order valence-corrected chi connectivity index (χ2v) is 5.37. The molecule has 2 aliphatic rings. The summed E-state index contributed by atoms with van der Waals surface area (Å²) < 4.78 is 0. The molecule has 1 unspecified atom stereocenters. The van der Waals surface area contributed by atoms with Crippen molar-refractivity contribution in [2.45, 2.75) is 51.6 Å².